The van der Waals surface area contributed by atoms with E-state index in [0.717, 1.165) is 19.3 Å². The lowest BCUT2D eigenvalue weighted by Gasteiger charge is -2.31. The van der Waals surface area contributed by atoms with Crippen molar-refractivity contribution in [3.8, 4) is 0 Å². The molecule has 1 aliphatic rings. The molecule has 3 nitrogen and oxygen atoms in total. The van der Waals surface area contributed by atoms with Gasteiger partial charge in [-0.25, -0.2) is 0 Å². The molecule has 0 radical (unpaired) electrons. The molecule has 1 saturated carbocycles. The molecule has 2 unspecified atom stereocenters. The van der Waals surface area contributed by atoms with Gasteiger partial charge < -0.3 is 9.47 Å². The number of hydrogen-bond donors (Lipinski definition) is 0. The summed E-state index contributed by atoms with van der Waals surface area (Å²) in [4.78, 5) is 12.1. The molecule has 1 rings (SSSR count). The summed E-state index contributed by atoms with van der Waals surface area (Å²) in [5, 5.41) is 0. The monoisotopic (exact) mass is 368 g/mol. The highest BCUT2D eigenvalue weighted by Gasteiger charge is 2.34. The summed E-state index contributed by atoms with van der Waals surface area (Å²) in [6.07, 6.45) is 6.40. The van der Waals surface area contributed by atoms with Gasteiger partial charge in [0.25, 0.3) is 0 Å². The third-order valence-corrected chi connectivity index (χ3v) is 4.88. The van der Waals surface area contributed by atoms with Crippen molar-refractivity contribution in [2.45, 2.75) is 69.0 Å². The number of alkyl halides is 1. The van der Waals surface area contributed by atoms with Crippen LogP contribution in [0.5, 0.6) is 0 Å². The number of carbonyl (C=O) groups is 1. The zero-order valence-corrected chi connectivity index (χ0v) is 13.9. The van der Waals surface area contributed by atoms with Crippen LogP contribution >= 0.6 is 22.6 Å². The highest BCUT2D eigenvalue weighted by Crippen LogP contribution is 2.31. The minimum absolute atomic E-state index is 0.144. The smallest absolute Gasteiger partial charge is 0.324 e. The molecule has 0 aromatic carbocycles. The van der Waals surface area contributed by atoms with Crippen LogP contribution in [0.4, 0.5) is 0 Å². The van der Waals surface area contributed by atoms with Gasteiger partial charge in [0.1, 0.15) is 3.42 Å². The fraction of sp³-hybridized carbons (Fsp3) is 0.929. The number of hydrogen-bond acceptors (Lipinski definition) is 3. The number of ether oxygens (including phenoxy) is 2. The molecule has 0 heterocycles. The van der Waals surface area contributed by atoms with E-state index in [9.17, 15) is 4.79 Å². The molecular weight excluding hydrogens is 343 g/mol. The predicted octanol–water partition coefficient (Wildman–Crippen LogP) is 4.08. The molecule has 18 heavy (non-hydrogen) atoms. The molecular formula is C14H25IO3. The van der Waals surface area contributed by atoms with Gasteiger partial charge in [-0.15, -0.1) is 0 Å². The maximum Gasteiger partial charge on any atom is 0.324 e. The third-order valence-electron chi connectivity index (χ3n) is 3.68. The Morgan fingerprint density at radius 2 is 1.94 bits per heavy atom. The van der Waals surface area contributed by atoms with E-state index in [4.69, 9.17) is 9.47 Å². The van der Waals surface area contributed by atoms with E-state index in [1.807, 2.05) is 20.8 Å². The Hall–Kier alpha value is 0.160. The summed E-state index contributed by atoms with van der Waals surface area (Å²) in [6.45, 7) is 6.47. The minimum Gasteiger partial charge on any atom is -0.434 e. The zero-order valence-electron chi connectivity index (χ0n) is 11.7. The van der Waals surface area contributed by atoms with Gasteiger partial charge in [-0.1, -0.05) is 48.8 Å². The topological polar surface area (TPSA) is 35.5 Å². The number of carbonyl (C=O) groups excluding carboxylic acids is 1. The molecule has 2 atom stereocenters. The molecule has 1 fully saturated rings. The normalized spacial score (nSPS) is 22.2. The van der Waals surface area contributed by atoms with E-state index >= 15 is 0 Å². The van der Waals surface area contributed by atoms with Crippen molar-refractivity contribution < 1.29 is 14.3 Å². The summed E-state index contributed by atoms with van der Waals surface area (Å²) in [6, 6.07) is 0. The molecule has 1 aliphatic carbocycles. The molecule has 0 N–H and O–H groups in total. The lowest BCUT2D eigenvalue weighted by Crippen LogP contribution is -2.38. The van der Waals surface area contributed by atoms with Crippen LogP contribution in [-0.4, -0.2) is 22.3 Å². The van der Waals surface area contributed by atoms with Gasteiger partial charge in [0.05, 0.1) is 0 Å². The van der Waals surface area contributed by atoms with Crippen LogP contribution in [0.25, 0.3) is 0 Å². The summed E-state index contributed by atoms with van der Waals surface area (Å²) in [5.41, 5.74) is 0. The molecule has 0 saturated heterocycles. The van der Waals surface area contributed by atoms with Crippen LogP contribution in [0.1, 0.15) is 59.3 Å². The highest BCUT2D eigenvalue weighted by molar-refractivity contribution is 14.1. The summed E-state index contributed by atoms with van der Waals surface area (Å²) < 4.78 is 10.8. The lowest BCUT2D eigenvalue weighted by atomic mass is 9.89. The Morgan fingerprint density at radius 1 is 1.33 bits per heavy atom. The molecule has 0 aliphatic heterocycles. The maximum atomic E-state index is 12.1. The highest BCUT2D eigenvalue weighted by atomic mass is 127. The average Bonchev–Trinajstić information content (AvgIpc) is 2.39. The van der Waals surface area contributed by atoms with Gasteiger partial charge in [0, 0.05) is 12.5 Å². The second-order valence-electron chi connectivity index (χ2n) is 5.18. The average molecular weight is 368 g/mol. The Labute approximate surface area is 124 Å². The quantitative estimate of drug-likeness (QED) is 0.307. The Bertz CT molecular complexity index is 260. The number of halogens is 1. The first-order chi connectivity index (χ1) is 8.51. The fourth-order valence-corrected chi connectivity index (χ4v) is 2.34. The van der Waals surface area contributed by atoms with Crippen LogP contribution in [0, 0.1) is 5.92 Å². The predicted molar refractivity (Wildman–Crippen MR) is 80.8 cm³/mol. The molecule has 0 aromatic rings. The van der Waals surface area contributed by atoms with Crippen molar-refractivity contribution in [3.05, 3.63) is 0 Å². The molecule has 0 bridgehead atoms. The van der Waals surface area contributed by atoms with Gasteiger partial charge in [0.15, 0.2) is 0 Å². The summed E-state index contributed by atoms with van der Waals surface area (Å²) in [5.74, 6) is 0.237. The van der Waals surface area contributed by atoms with Crippen LogP contribution in [-0.2, 0) is 14.3 Å². The zero-order chi connectivity index (χ0) is 13.6. The van der Waals surface area contributed by atoms with Crippen LogP contribution in [0.2, 0.25) is 0 Å². The third kappa shape index (κ3) is 4.68. The summed E-state index contributed by atoms with van der Waals surface area (Å²) in [7, 11) is 0. The van der Waals surface area contributed by atoms with E-state index in [-0.39, 0.29) is 12.3 Å². The first-order valence-electron chi connectivity index (χ1n) is 7.02. The van der Waals surface area contributed by atoms with Crippen LogP contribution < -0.4 is 0 Å². The number of rotatable bonds is 6. The van der Waals surface area contributed by atoms with Gasteiger partial charge >= 0.3 is 5.97 Å². The van der Waals surface area contributed by atoms with E-state index < -0.39 is 3.42 Å². The second kappa shape index (κ2) is 7.68. The molecule has 106 valence electrons. The van der Waals surface area contributed by atoms with Crippen molar-refractivity contribution in [1.29, 1.82) is 0 Å². The fourth-order valence-electron chi connectivity index (χ4n) is 2.21. The van der Waals surface area contributed by atoms with E-state index in [0.29, 0.717) is 12.5 Å². The minimum atomic E-state index is -0.443. The standard InChI is InChI=1S/C14H25IO3/c1-4-14(3,15)13(16)18-12(17-5-2)11-9-7-6-8-10-11/h11-12H,4-10H2,1-3H3. The SMILES string of the molecule is CCOC(OC(=O)C(C)(I)CC)C1CCCCC1. The van der Waals surface area contributed by atoms with Crippen molar-refractivity contribution in [2.24, 2.45) is 5.92 Å². The van der Waals surface area contributed by atoms with Crippen molar-refractivity contribution in [3.63, 3.8) is 0 Å². The van der Waals surface area contributed by atoms with Crippen molar-refractivity contribution in [2.75, 3.05) is 6.61 Å². The van der Waals surface area contributed by atoms with Crippen LogP contribution in [0.15, 0.2) is 0 Å². The molecule has 4 heteroatoms. The Balaban J connectivity index is 2.59. The van der Waals surface area contributed by atoms with E-state index in [2.05, 4.69) is 22.6 Å². The van der Waals surface area contributed by atoms with Gasteiger partial charge in [-0.05, 0) is 33.1 Å². The lowest BCUT2D eigenvalue weighted by molar-refractivity contribution is -0.194. The largest absolute Gasteiger partial charge is 0.434 e. The molecule has 0 aromatic heterocycles. The van der Waals surface area contributed by atoms with Gasteiger partial charge in [-0.2, -0.15) is 0 Å². The van der Waals surface area contributed by atoms with Crippen molar-refractivity contribution in [1.82, 2.24) is 0 Å². The number of esters is 1. The Morgan fingerprint density at radius 3 is 2.44 bits per heavy atom. The van der Waals surface area contributed by atoms with Gasteiger partial charge in [0.2, 0.25) is 6.29 Å². The first kappa shape index (κ1) is 16.2. The van der Waals surface area contributed by atoms with E-state index in [1.54, 1.807) is 0 Å². The van der Waals surface area contributed by atoms with Crippen LogP contribution in [0.3, 0.4) is 0 Å². The molecule has 0 amide bonds. The maximum absolute atomic E-state index is 12.1. The second-order valence-corrected chi connectivity index (χ2v) is 7.56. The van der Waals surface area contributed by atoms with E-state index in [1.165, 1.54) is 19.3 Å². The Kier molecular flexibility index (Phi) is 6.92. The molecule has 0 spiro atoms. The van der Waals surface area contributed by atoms with Gasteiger partial charge in [-0.3, -0.25) is 4.79 Å². The summed E-state index contributed by atoms with van der Waals surface area (Å²) >= 11 is 2.17. The first-order valence-corrected chi connectivity index (χ1v) is 8.10. The van der Waals surface area contributed by atoms with Crippen molar-refractivity contribution >= 4 is 28.6 Å².